The van der Waals surface area contributed by atoms with E-state index in [4.69, 9.17) is 9.29 Å². The fourth-order valence-electron chi connectivity index (χ4n) is 1.50. The van der Waals surface area contributed by atoms with Crippen LogP contribution in [0.2, 0.25) is 0 Å². The van der Waals surface area contributed by atoms with Crippen molar-refractivity contribution in [2.45, 2.75) is 19.3 Å². The van der Waals surface area contributed by atoms with Crippen LogP contribution < -0.4 is 4.74 Å². The van der Waals surface area contributed by atoms with Gasteiger partial charge in [-0.05, 0) is 50.4 Å². The average molecular weight is 553 g/mol. The van der Waals surface area contributed by atoms with Gasteiger partial charge in [0.05, 0.1) is 8.95 Å². The van der Waals surface area contributed by atoms with Gasteiger partial charge in [0.2, 0.25) is 0 Å². The Kier molecular flexibility index (Phi) is 8.85. The maximum atomic E-state index is 11.8. The SMILES string of the molecule is O=C(CCCC(=O)Oc1c(Br)cc(Br)cc1Br)OCCS(=O)(=O)O. The summed E-state index contributed by atoms with van der Waals surface area (Å²) in [5.74, 6) is -1.51. The summed E-state index contributed by atoms with van der Waals surface area (Å²) < 4.78 is 41.2. The average Bonchev–Trinajstić information content (AvgIpc) is 2.41. The van der Waals surface area contributed by atoms with Crippen molar-refractivity contribution in [2.24, 2.45) is 0 Å². The second-order valence-corrected chi connectivity index (χ2v) is 8.73. The van der Waals surface area contributed by atoms with Crippen molar-refractivity contribution in [2.75, 3.05) is 12.4 Å². The minimum absolute atomic E-state index is 0.0116. The second kappa shape index (κ2) is 9.85. The molecule has 134 valence electrons. The van der Waals surface area contributed by atoms with E-state index in [1.54, 1.807) is 12.1 Å². The molecule has 1 aromatic carbocycles. The van der Waals surface area contributed by atoms with Gasteiger partial charge in [-0.2, -0.15) is 8.42 Å². The number of esters is 2. The maximum Gasteiger partial charge on any atom is 0.311 e. The highest BCUT2D eigenvalue weighted by atomic mass is 79.9. The standard InChI is InChI=1S/C13H13Br3O7S/c14-8-6-9(15)13(10(16)7-8)23-12(18)3-1-2-11(17)22-4-5-24(19,20)21/h6-7H,1-5H2,(H,19,20,21). The van der Waals surface area contributed by atoms with Gasteiger partial charge >= 0.3 is 11.9 Å². The fraction of sp³-hybridized carbons (Fsp3) is 0.385. The number of halogens is 3. The molecular formula is C13H13Br3O7S. The lowest BCUT2D eigenvalue weighted by atomic mass is 10.2. The van der Waals surface area contributed by atoms with Crippen LogP contribution >= 0.6 is 47.8 Å². The number of ether oxygens (including phenoxy) is 2. The third-order valence-corrected chi connectivity index (χ3v) is 4.86. The first-order chi connectivity index (χ1) is 11.1. The molecule has 24 heavy (non-hydrogen) atoms. The summed E-state index contributed by atoms with van der Waals surface area (Å²) in [5.41, 5.74) is 0. The van der Waals surface area contributed by atoms with Gasteiger partial charge in [-0.3, -0.25) is 14.1 Å². The smallest absolute Gasteiger partial charge is 0.311 e. The highest BCUT2D eigenvalue weighted by molar-refractivity contribution is 9.11. The minimum Gasteiger partial charge on any atom is -0.464 e. The lowest BCUT2D eigenvalue weighted by Gasteiger charge is -2.09. The molecule has 0 saturated carbocycles. The molecular weight excluding hydrogens is 540 g/mol. The minimum atomic E-state index is -4.16. The Balaban J connectivity index is 2.36. The Labute approximate surface area is 164 Å². The van der Waals surface area contributed by atoms with E-state index in [-0.39, 0.29) is 19.3 Å². The van der Waals surface area contributed by atoms with Crippen molar-refractivity contribution in [1.82, 2.24) is 0 Å². The van der Waals surface area contributed by atoms with Crippen molar-refractivity contribution in [3.05, 3.63) is 25.6 Å². The van der Waals surface area contributed by atoms with Gasteiger partial charge in [-0.15, -0.1) is 0 Å². The lowest BCUT2D eigenvalue weighted by Crippen LogP contribution is -2.15. The highest BCUT2D eigenvalue weighted by Crippen LogP contribution is 2.36. The summed E-state index contributed by atoms with van der Waals surface area (Å²) in [6.07, 6.45) is 0.112. The first-order valence-electron chi connectivity index (χ1n) is 6.54. The molecule has 0 spiro atoms. The van der Waals surface area contributed by atoms with E-state index in [1.807, 2.05) is 0 Å². The molecule has 0 fully saturated rings. The van der Waals surface area contributed by atoms with Crippen LogP contribution in [0, 0.1) is 0 Å². The van der Waals surface area contributed by atoms with Crippen LogP contribution in [0.25, 0.3) is 0 Å². The van der Waals surface area contributed by atoms with E-state index >= 15 is 0 Å². The van der Waals surface area contributed by atoms with E-state index in [2.05, 4.69) is 52.5 Å². The van der Waals surface area contributed by atoms with Gasteiger partial charge in [-0.25, -0.2) is 0 Å². The van der Waals surface area contributed by atoms with Crippen molar-refractivity contribution in [1.29, 1.82) is 0 Å². The summed E-state index contributed by atoms with van der Waals surface area (Å²) in [4.78, 5) is 23.1. The molecule has 0 atom stereocenters. The van der Waals surface area contributed by atoms with Crippen LogP contribution in [-0.4, -0.2) is 37.3 Å². The van der Waals surface area contributed by atoms with Gasteiger partial charge in [0.25, 0.3) is 10.1 Å². The summed E-state index contributed by atoms with van der Waals surface area (Å²) in [7, 11) is -4.16. The van der Waals surface area contributed by atoms with Gasteiger partial charge in [-0.1, -0.05) is 15.9 Å². The second-order valence-electron chi connectivity index (χ2n) is 4.53. The van der Waals surface area contributed by atoms with E-state index in [0.29, 0.717) is 14.7 Å². The van der Waals surface area contributed by atoms with Crippen LogP contribution in [0.5, 0.6) is 5.75 Å². The Morgan fingerprint density at radius 3 is 2.12 bits per heavy atom. The van der Waals surface area contributed by atoms with Gasteiger partial charge in [0.15, 0.2) is 5.75 Å². The molecule has 0 aliphatic rings. The molecule has 0 aliphatic heterocycles. The van der Waals surface area contributed by atoms with Crippen LogP contribution in [0.3, 0.4) is 0 Å². The maximum absolute atomic E-state index is 11.8. The van der Waals surface area contributed by atoms with Crippen molar-refractivity contribution in [3.8, 4) is 5.75 Å². The van der Waals surface area contributed by atoms with E-state index in [0.717, 1.165) is 4.47 Å². The van der Waals surface area contributed by atoms with Crippen LogP contribution in [0.4, 0.5) is 0 Å². The third-order valence-electron chi connectivity index (χ3n) is 2.55. The quantitative estimate of drug-likeness (QED) is 0.299. The topological polar surface area (TPSA) is 107 Å². The molecule has 1 rings (SSSR count). The molecule has 1 N–H and O–H groups in total. The molecule has 7 nitrogen and oxygen atoms in total. The molecule has 11 heteroatoms. The fourth-order valence-corrected chi connectivity index (χ4v) is 4.22. The Bertz CT molecular complexity index is 695. The van der Waals surface area contributed by atoms with E-state index < -0.39 is 34.4 Å². The predicted molar refractivity (Wildman–Crippen MR) is 96.4 cm³/mol. The molecule has 0 amide bonds. The normalized spacial score (nSPS) is 11.2. The zero-order chi connectivity index (χ0) is 18.3. The lowest BCUT2D eigenvalue weighted by molar-refractivity contribution is -0.143. The van der Waals surface area contributed by atoms with E-state index in [1.165, 1.54) is 0 Å². The van der Waals surface area contributed by atoms with Gasteiger partial charge < -0.3 is 9.47 Å². The molecule has 0 unspecified atom stereocenters. The number of rotatable bonds is 8. The van der Waals surface area contributed by atoms with Crippen LogP contribution in [-0.2, 0) is 24.4 Å². The predicted octanol–water partition coefficient (Wildman–Crippen LogP) is 3.48. The third kappa shape index (κ3) is 8.56. The number of hydrogen-bond donors (Lipinski definition) is 1. The first kappa shape index (κ1) is 21.6. The Morgan fingerprint density at radius 1 is 1.04 bits per heavy atom. The molecule has 1 aromatic rings. The number of benzene rings is 1. The van der Waals surface area contributed by atoms with Crippen LogP contribution in [0.1, 0.15) is 19.3 Å². The molecule has 0 aliphatic carbocycles. The Hall–Kier alpha value is -0.490. The first-order valence-corrected chi connectivity index (χ1v) is 10.5. The summed E-state index contributed by atoms with van der Waals surface area (Å²) in [5, 5.41) is 0. The molecule has 0 bridgehead atoms. The van der Waals surface area contributed by atoms with Crippen molar-refractivity contribution in [3.63, 3.8) is 0 Å². The van der Waals surface area contributed by atoms with Gasteiger partial charge in [0.1, 0.15) is 12.4 Å². The number of hydrogen-bond acceptors (Lipinski definition) is 6. The molecule has 0 saturated heterocycles. The molecule has 0 heterocycles. The van der Waals surface area contributed by atoms with E-state index in [9.17, 15) is 18.0 Å². The monoisotopic (exact) mass is 550 g/mol. The number of carbonyl (C=O) groups excluding carboxylic acids is 2. The largest absolute Gasteiger partial charge is 0.464 e. The van der Waals surface area contributed by atoms with Crippen LogP contribution in [0.15, 0.2) is 25.6 Å². The zero-order valence-corrected chi connectivity index (χ0v) is 17.7. The Morgan fingerprint density at radius 2 is 1.58 bits per heavy atom. The zero-order valence-electron chi connectivity index (χ0n) is 12.1. The summed E-state index contributed by atoms with van der Waals surface area (Å²) in [6, 6.07) is 3.44. The van der Waals surface area contributed by atoms with Crippen molar-refractivity contribution < 1.29 is 32.0 Å². The summed E-state index contributed by atoms with van der Waals surface area (Å²) >= 11 is 9.86. The molecule has 0 radical (unpaired) electrons. The van der Waals surface area contributed by atoms with Crippen molar-refractivity contribution >= 4 is 69.8 Å². The molecule has 0 aromatic heterocycles. The highest BCUT2D eigenvalue weighted by Gasteiger charge is 2.14. The van der Waals surface area contributed by atoms with Gasteiger partial charge in [0, 0.05) is 17.3 Å². The summed E-state index contributed by atoms with van der Waals surface area (Å²) in [6.45, 7) is -0.430. The number of carbonyl (C=O) groups is 2.